The van der Waals surface area contributed by atoms with Gasteiger partial charge < -0.3 is 15.1 Å². The average molecular weight is 432 g/mol. The van der Waals surface area contributed by atoms with Gasteiger partial charge in [-0.25, -0.2) is 0 Å². The van der Waals surface area contributed by atoms with Crippen molar-refractivity contribution in [2.45, 2.75) is 6.92 Å². The number of aryl methyl sites for hydroxylation is 2. The number of fused-ring (bicyclic) bond motifs is 1. The lowest BCUT2D eigenvalue weighted by molar-refractivity contribution is -0.130. The molecule has 0 saturated carbocycles. The maximum Gasteiger partial charge on any atom is 0.261 e. The van der Waals surface area contributed by atoms with E-state index in [0.717, 1.165) is 34.7 Å². The second kappa shape index (κ2) is 8.04. The monoisotopic (exact) mass is 431 g/mol. The first-order chi connectivity index (χ1) is 13.9. The number of anilines is 1. The van der Waals surface area contributed by atoms with E-state index in [0.29, 0.717) is 23.0 Å². The van der Waals surface area contributed by atoms with Gasteiger partial charge in [-0.15, -0.1) is 11.3 Å². The van der Waals surface area contributed by atoms with E-state index >= 15 is 0 Å². The van der Waals surface area contributed by atoms with Crippen LogP contribution in [0.1, 0.15) is 15.4 Å². The molecule has 4 rings (SSSR count). The Morgan fingerprint density at radius 2 is 1.97 bits per heavy atom. The molecule has 0 spiro atoms. The zero-order valence-corrected chi connectivity index (χ0v) is 17.9. The highest BCUT2D eigenvalue weighted by molar-refractivity contribution is 7.20. The van der Waals surface area contributed by atoms with Crippen LogP contribution >= 0.6 is 22.9 Å². The van der Waals surface area contributed by atoms with Crippen molar-refractivity contribution in [1.82, 2.24) is 20.0 Å². The van der Waals surface area contributed by atoms with Gasteiger partial charge in [0, 0.05) is 49.3 Å². The number of benzene rings is 1. The van der Waals surface area contributed by atoms with Crippen LogP contribution in [-0.2, 0) is 11.8 Å². The Balaban J connectivity index is 1.30. The summed E-state index contributed by atoms with van der Waals surface area (Å²) in [6.45, 7) is 4.64. The lowest BCUT2D eigenvalue weighted by Gasteiger charge is -2.36. The average Bonchev–Trinajstić information content (AvgIpc) is 3.27. The Labute approximate surface area is 177 Å². The largest absolute Gasteiger partial charge is 0.368 e. The number of amides is 2. The van der Waals surface area contributed by atoms with E-state index in [1.165, 1.54) is 11.3 Å². The van der Waals surface area contributed by atoms with E-state index in [1.807, 2.05) is 44.3 Å². The highest BCUT2D eigenvalue weighted by atomic mass is 35.5. The van der Waals surface area contributed by atoms with Gasteiger partial charge in [0.2, 0.25) is 5.91 Å². The third-order valence-corrected chi connectivity index (χ3v) is 6.56. The van der Waals surface area contributed by atoms with Gasteiger partial charge in [-0.2, -0.15) is 5.10 Å². The fourth-order valence-corrected chi connectivity index (χ4v) is 4.78. The Morgan fingerprint density at radius 3 is 2.66 bits per heavy atom. The van der Waals surface area contributed by atoms with Gasteiger partial charge in [-0.1, -0.05) is 17.7 Å². The van der Waals surface area contributed by atoms with Gasteiger partial charge >= 0.3 is 0 Å². The van der Waals surface area contributed by atoms with E-state index in [-0.39, 0.29) is 18.4 Å². The third kappa shape index (κ3) is 4.09. The van der Waals surface area contributed by atoms with E-state index < -0.39 is 0 Å². The van der Waals surface area contributed by atoms with Crippen LogP contribution in [0.2, 0.25) is 5.02 Å². The van der Waals surface area contributed by atoms with Crippen LogP contribution in [-0.4, -0.2) is 59.2 Å². The number of nitrogens with zero attached hydrogens (tertiary/aromatic N) is 4. The molecule has 0 bridgehead atoms. The summed E-state index contributed by atoms with van der Waals surface area (Å²) in [5, 5.41) is 8.78. The minimum Gasteiger partial charge on any atom is -0.368 e. The Bertz CT molecular complexity index is 1030. The first-order valence-electron chi connectivity index (χ1n) is 9.42. The van der Waals surface area contributed by atoms with Crippen molar-refractivity contribution in [2.75, 3.05) is 37.6 Å². The summed E-state index contributed by atoms with van der Waals surface area (Å²) in [5.74, 6) is -0.292. The Morgan fingerprint density at radius 1 is 1.21 bits per heavy atom. The molecule has 1 aliphatic heterocycles. The predicted octanol–water partition coefficient (Wildman–Crippen LogP) is 2.68. The van der Waals surface area contributed by atoms with Crippen molar-refractivity contribution in [3.8, 4) is 0 Å². The maximum absolute atomic E-state index is 12.5. The molecule has 9 heteroatoms. The molecule has 29 heavy (non-hydrogen) atoms. The molecule has 3 heterocycles. The fourth-order valence-electron chi connectivity index (χ4n) is 3.56. The summed E-state index contributed by atoms with van der Waals surface area (Å²) < 4.78 is 1.77. The number of carbonyl (C=O) groups excluding carboxylic acids is 2. The van der Waals surface area contributed by atoms with Crippen molar-refractivity contribution >= 4 is 50.7 Å². The van der Waals surface area contributed by atoms with E-state index in [9.17, 15) is 9.59 Å². The van der Waals surface area contributed by atoms with Gasteiger partial charge in [0.25, 0.3) is 5.91 Å². The second-order valence-corrected chi connectivity index (χ2v) is 8.54. The Hall–Kier alpha value is -2.58. The summed E-state index contributed by atoms with van der Waals surface area (Å²) >= 11 is 7.45. The van der Waals surface area contributed by atoms with E-state index in [1.54, 1.807) is 9.58 Å². The second-order valence-electron chi connectivity index (χ2n) is 7.07. The fraction of sp³-hybridized carbons (Fsp3) is 0.350. The number of rotatable bonds is 4. The highest BCUT2D eigenvalue weighted by Crippen LogP contribution is 2.27. The molecule has 1 aliphatic rings. The molecule has 0 aliphatic carbocycles. The number of hydrogen-bond acceptors (Lipinski definition) is 5. The summed E-state index contributed by atoms with van der Waals surface area (Å²) in [7, 11) is 1.86. The van der Waals surface area contributed by atoms with E-state index in [2.05, 4.69) is 15.3 Å². The number of aromatic nitrogens is 2. The van der Waals surface area contributed by atoms with Crippen LogP contribution in [0.25, 0.3) is 10.2 Å². The molecule has 1 N–H and O–H groups in total. The smallest absolute Gasteiger partial charge is 0.261 e. The van der Waals surface area contributed by atoms with Gasteiger partial charge in [0.15, 0.2) is 0 Å². The summed E-state index contributed by atoms with van der Waals surface area (Å²) in [4.78, 5) is 30.5. The molecule has 0 unspecified atom stereocenters. The number of hydrogen-bond donors (Lipinski definition) is 1. The molecule has 0 atom stereocenters. The minimum atomic E-state index is -0.225. The third-order valence-electron chi connectivity index (χ3n) is 5.13. The predicted molar refractivity (Wildman–Crippen MR) is 116 cm³/mol. The quantitative estimate of drug-likeness (QED) is 0.689. The highest BCUT2D eigenvalue weighted by Gasteiger charge is 2.22. The molecule has 3 aromatic rings. The number of piperazine rings is 1. The SMILES string of the molecule is Cc1nn(C)c2sc(C(=O)NCC(=O)N3CCN(c4cccc(Cl)c4)CC3)cc12. The number of carbonyl (C=O) groups is 2. The number of nitrogens with one attached hydrogen (secondary N) is 1. The molecule has 1 saturated heterocycles. The minimum absolute atomic E-state index is 0.00146. The number of halogens is 1. The molecule has 7 nitrogen and oxygen atoms in total. The van der Waals surface area contributed by atoms with Gasteiger partial charge in [-0.3, -0.25) is 14.3 Å². The lowest BCUT2D eigenvalue weighted by Crippen LogP contribution is -2.51. The topological polar surface area (TPSA) is 70.5 Å². The first-order valence-corrected chi connectivity index (χ1v) is 10.6. The van der Waals surface area contributed by atoms with Crippen LogP contribution in [0.5, 0.6) is 0 Å². The van der Waals surface area contributed by atoms with Crippen LogP contribution in [0.3, 0.4) is 0 Å². The van der Waals surface area contributed by atoms with E-state index in [4.69, 9.17) is 11.6 Å². The van der Waals surface area contributed by atoms with Crippen molar-refractivity contribution in [1.29, 1.82) is 0 Å². The normalized spacial score (nSPS) is 14.4. The van der Waals surface area contributed by atoms with Crippen LogP contribution in [0.15, 0.2) is 30.3 Å². The molecule has 0 radical (unpaired) electrons. The number of thiophene rings is 1. The zero-order chi connectivity index (χ0) is 20.5. The molecule has 152 valence electrons. The molecule has 2 amide bonds. The standard InChI is InChI=1S/C20H22ClN5O2S/c1-13-16-11-17(29-20(16)24(2)23-13)19(28)22-12-18(27)26-8-6-25(7-9-26)15-5-3-4-14(21)10-15/h3-5,10-11H,6-9,12H2,1-2H3,(H,22,28). The first kappa shape index (κ1) is 19.7. The van der Waals surface area contributed by atoms with Crippen LogP contribution < -0.4 is 10.2 Å². The summed E-state index contributed by atoms with van der Waals surface area (Å²) in [5.41, 5.74) is 1.96. The molecular formula is C20H22ClN5O2S. The summed E-state index contributed by atoms with van der Waals surface area (Å²) in [6, 6.07) is 9.57. The van der Waals surface area contributed by atoms with Gasteiger partial charge in [0.05, 0.1) is 17.1 Å². The zero-order valence-electron chi connectivity index (χ0n) is 16.3. The van der Waals surface area contributed by atoms with Crippen LogP contribution in [0.4, 0.5) is 5.69 Å². The lowest BCUT2D eigenvalue weighted by atomic mass is 10.2. The maximum atomic E-state index is 12.5. The molecule has 1 aromatic carbocycles. The summed E-state index contributed by atoms with van der Waals surface area (Å²) in [6.07, 6.45) is 0. The molecular weight excluding hydrogens is 410 g/mol. The Kier molecular flexibility index (Phi) is 5.47. The van der Waals surface area contributed by atoms with Crippen molar-refractivity contribution in [2.24, 2.45) is 7.05 Å². The molecule has 1 fully saturated rings. The van der Waals surface area contributed by atoms with Crippen LogP contribution in [0, 0.1) is 6.92 Å². The van der Waals surface area contributed by atoms with Gasteiger partial charge in [0.1, 0.15) is 4.83 Å². The molecule has 2 aromatic heterocycles. The van der Waals surface area contributed by atoms with Gasteiger partial charge in [-0.05, 0) is 31.2 Å². The van der Waals surface area contributed by atoms with Crippen molar-refractivity contribution in [3.05, 3.63) is 45.9 Å². The van der Waals surface area contributed by atoms with Crippen molar-refractivity contribution in [3.63, 3.8) is 0 Å². The van der Waals surface area contributed by atoms with Crippen molar-refractivity contribution < 1.29 is 9.59 Å².